The second kappa shape index (κ2) is 10.2. The number of hydrogen-bond donors (Lipinski definition) is 0. The fraction of sp³-hybridized carbons (Fsp3) is 0.545. The third-order valence-corrected chi connectivity index (χ3v) is 1.69. The Morgan fingerprint density at radius 1 is 1.46 bits per heavy atom. The van der Waals surface area contributed by atoms with Gasteiger partial charge in [-0.1, -0.05) is 13.8 Å². The van der Waals surface area contributed by atoms with Crippen LogP contribution in [0.25, 0.3) is 0 Å². The molecular formula is C11H19NW. The van der Waals surface area contributed by atoms with E-state index < -0.39 is 0 Å². The molecule has 0 unspecified atom stereocenters. The van der Waals surface area contributed by atoms with Crippen LogP contribution in [0.3, 0.4) is 0 Å². The number of hydrogen-bond acceptors (Lipinski definition) is 1. The van der Waals surface area contributed by atoms with Crippen molar-refractivity contribution >= 4 is 0 Å². The van der Waals surface area contributed by atoms with E-state index in [0.29, 0.717) is 0 Å². The molecule has 1 aliphatic rings. The summed E-state index contributed by atoms with van der Waals surface area (Å²) in [5, 5.41) is 0. The minimum Gasteiger partial charge on any atom is -0.365 e. The molecule has 0 N–H and O–H groups in total. The van der Waals surface area contributed by atoms with Crippen molar-refractivity contribution < 1.29 is 21.1 Å². The Morgan fingerprint density at radius 3 is 2.00 bits per heavy atom. The molecule has 0 amide bonds. The van der Waals surface area contributed by atoms with Gasteiger partial charge in [0.2, 0.25) is 0 Å². The maximum atomic E-state index is 3.00. The van der Waals surface area contributed by atoms with Gasteiger partial charge in [0.05, 0.1) is 0 Å². The van der Waals surface area contributed by atoms with Crippen molar-refractivity contribution in [3.05, 3.63) is 30.2 Å². The summed E-state index contributed by atoms with van der Waals surface area (Å²) < 4.78 is 0. The number of rotatable bonds is 1. The Kier molecular flexibility index (Phi) is 12.2. The van der Waals surface area contributed by atoms with E-state index in [2.05, 4.69) is 24.4 Å². The zero-order valence-electron chi connectivity index (χ0n) is 9.00. The first-order valence-corrected chi connectivity index (χ1v) is 4.35. The zero-order valence-corrected chi connectivity index (χ0v) is 11.9. The van der Waals surface area contributed by atoms with E-state index in [1.54, 1.807) is 0 Å². The molecule has 0 atom stereocenters. The maximum Gasteiger partial charge on any atom is 2.00 e. The summed E-state index contributed by atoms with van der Waals surface area (Å²) in [4.78, 5) is 2.25. The first kappa shape index (κ1) is 15.6. The number of allylic oxidation sites excluding steroid dienone is 4. The minimum absolute atomic E-state index is 0. The Balaban J connectivity index is 0. The van der Waals surface area contributed by atoms with Gasteiger partial charge in [-0.3, -0.25) is 6.08 Å². The summed E-state index contributed by atoms with van der Waals surface area (Å²) in [6, 6.07) is 0. The van der Waals surface area contributed by atoms with E-state index in [1.807, 2.05) is 32.9 Å². The van der Waals surface area contributed by atoms with Crippen molar-refractivity contribution in [3.8, 4) is 0 Å². The van der Waals surface area contributed by atoms with Crippen molar-refractivity contribution in [2.75, 3.05) is 20.1 Å². The van der Waals surface area contributed by atoms with Crippen LogP contribution in [0.2, 0.25) is 0 Å². The van der Waals surface area contributed by atoms with Crippen molar-refractivity contribution in [2.24, 2.45) is 0 Å². The van der Waals surface area contributed by atoms with E-state index >= 15 is 0 Å². The van der Waals surface area contributed by atoms with Crippen molar-refractivity contribution in [1.82, 2.24) is 4.90 Å². The molecule has 1 nitrogen and oxygen atoms in total. The van der Waals surface area contributed by atoms with Crippen LogP contribution in [0.4, 0.5) is 0 Å². The molecule has 0 aromatic carbocycles. The molecule has 0 aliphatic carbocycles. The van der Waals surface area contributed by atoms with Gasteiger partial charge in [-0.25, -0.2) is 11.6 Å². The quantitative estimate of drug-likeness (QED) is 0.519. The fourth-order valence-corrected chi connectivity index (χ4v) is 0.721. The van der Waals surface area contributed by atoms with Crippen LogP contribution in [0.1, 0.15) is 20.8 Å². The predicted octanol–water partition coefficient (Wildman–Crippen LogP) is 2.47. The molecule has 74 valence electrons. The Morgan fingerprint density at radius 2 is 1.92 bits per heavy atom. The van der Waals surface area contributed by atoms with Crippen molar-refractivity contribution in [2.45, 2.75) is 20.8 Å². The number of nitrogens with zero attached hydrogens (tertiary/aromatic N) is 1. The molecule has 1 saturated heterocycles. The van der Waals surface area contributed by atoms with Crippen LogP contribution in [0, 0.1) is 12.5 Å². The summed E-state index contributed by atoms with van der Waals surface area (Å²) in [6.45, 7) is 8.33. The molecule has 0 bridgehead atoms. The van der Waals surface area contributed by atoms with Crippen molar-refractivity contribution in [3.63, 3.8) is 0 Å². The molecule has 0 radical (unpaired) electrons. The van der Waals surface area contributed by atoms with Crippen LogP contribution < -0.4 is 0 Å². The molecule has 1 fully saturated rings. The maximum absolute atomic E-state index is 3.00. The smallest absolute Gasteiger partial charge is 0.365 e. The summed E-state index contributed by atoms with van der Waals surface area (Å²) >= 11 is 0. The van der Waals surface area contributed by atoms with Gasteiger partial charge in [-0.05, 0) is 7.05 Å². The Bertz CT molecular complexity index is 157. The van der Waals surface area contributed by atoms with Gasteiger partial charge in [0.1, 0.15) is 0 Å². The second-order valence-electron chi connectivity index (χ2n) is 2.94. The summed E-state index contributed by atoms with van der Waals surface area (Å²) in [6.07, 6.45) is 9.28. The molecule has 1 rings (SSSR count). The summed E-state index contributed by atoms with van der Waals surface area (Å²) in [5.41, 5.74) is 1.20. The third-order valence-electron chi connectivity index (χ3n) is 1.69. The fourth-order valence-electron chi connectivity index (χ4n) is 0.721. The van der Waals surface area contributed by atoms with Crippen molar-refractivity contribution in [1.29, 1.82) is 0 Å². The van der Waals surface area contributed by atoms with Gasteiger partial charge in [0.25, 0.3) is 0 Å². The average Bonchev–Trinajstić information content (AvgIpc) is 2.02. The van der Waals surface area contributed by atoms with Crippen LogP contribution in [-0.4, -0.2) is 25.0 Å². The molecule has 0 saturated carbocycles. The largest absolute Gasteiger partial charge is 2.00 e. The molecule has 0 aromatic rings. The van der Waals surface area contributed by atoms with Gasteiger partial charge < -0.3 is 11.3 Å². The normalized spacial score (nSPS) is 17.1. The SMILES string of the molecule is CN1C[CH-]C1.C[C-]=C(C)/C=C\C.[W+2]. The topological polar surface area (TPSA) is 3.24 Å². The van der Waals surface area contributed by atoms with Gasteiger partial charge in [-0.15, -0.1) is 20.0 Å². The van der Waals surface area contributed by atoms with Gasteiger partial charge >= 0.3 is 21.1 Å². The van der Waals surface area contributed by atoms with Crippen LogP contribution in [0.5, 0.6) is 0 Å². The molecule has 1 heterocycles. The van der Waals surface area contributed by atoms with Crippen LogP contribution in [-0.2, 0) is 21.1 Å². The number of likely N-dealkylation sites (tertiary alicyclic amines) is 1. The van der Waals surface area contributed by atoms with Gasteiger partial charge in [0, 0.05) is 0 Å². The molecule has 0 spiro atoms. The van der Waals surface area contributed by atoms with E-state index in [1.165, 1.54) is 18.7 Å². The van der Waals surface area contributed by atoms with Gasteiger partial charge in [0.15, 0.2) is 0 Å². The molecule has 2 heteroatoms. The van der Waals surface area contributed by atoms with E-state index in [-0.39, 0.29) is 21.1 Å². The van der Waals surface area contributed by atoms with Crippen LogP contribution in [0.15, 0.2) is 17.7 Å². The Hall–Kier alpha value is 0.128. The summed E-state index contributed by atoms with van der Waals surface area (Å²) in [5.74, 6) is 0. The molecule has 0 aromatic heterocycles. The predicted molar refractivity (Wildman–Crippen MR) is 54.7 cm³/mol. The Labute approximate surface area is 97.2 Å². The standard InChI is InChI=1S/C7H11.C4H8N.W/c1-4-6-7(3)5-2;1-5-3-2-4-5;/h4,6H,1-3H3;2H,3-4H2,1H3;/q2*-1;+2/b6-4-;;. The summed E-state index contributed by atoms with van der Waals surface area (Å²) in [7, 11) is 2.11. The monoisotopic (exact) mass is 349 g/mol. The first-order valence-electron chi connectivity index (χ1n) is 4.35. The first-order chi connectivity index (χ1) is 5.70. The van der Waals surface area contributed by atoms with E-state index in [4.69, 9.17) is 0 Å². The third kappa shape index (κ3) is 10.0. The van der Waals surface area contributed by atoms with E-state index in [0.717, 1.165) is 0 Å². The van der Waals surface area contributed by atoms with Gasteiger partial charge in [-0.2, -0.15) is 6.08 Å². The molecule has 13 heavy (non-hydrogen) atoms. The average molecular weight is 349 g/mol. The zero-order chi connectivity index (χ0) is 9.40. The van der Waals surface area contributed by atoms with Crippen LogP contribution >= 0.6 is 0 Å². The molecule has 1 aliphatic heterocycles. The minimum atomic E-state index is 0. The molecular weight excluding hydrogens is 330 g/mol. The van der Waals surface area contributed by atoms with E-state index in [9.17, 15) is 0 Å². The second-order valence-corrected chi connectivity index (χ2v) is 2.94.